The fourth-order valence-electron chi connectivity index (χ4n) is 1.81. The number of carbonyl (C=O) groups is 1. The zero-order valence-corrected chi connectivity index (χ0v) is 11.7. The van der Waals surface area contributed by atoms with Crippen molar-refractivity contribution in [2.75, 3.05) is 19.9 Å². The molecular formula is C14H16N2O2S. The molecule has 4 nitrogen and oxygen atoms in total. The van der Waals surface area contributed by atoms with Crippen molar-refractivity contribution in [1.82, 2.24) is 4.90 Å². The van der Waals surface area contributed by atoms with Crippen LogP contribution < -0.4 is 10.5 Å². The molecule has 1 aromatic heterocycles. The third kappa shape index (κ3) is 3.26. The molecule has 0 spiro atoms. The lowest BCUT2D eigenvalue weighted by molar-refractivity contribution is 0.0785. The highest BCUT2D eigenvalue weighted by Crippen LogP contribution is 2.20. The summed E-state index contributed by atoms with van der Waals surface area (Å²) in [6.45, 7) is 0.583. The summed E-state index contributed by atoms with van der Waals surface area (Å²) >= 11 is 1.62. The van der Waals surface area contributed by atoms with Gasteiger partial charge >= 0.3 is 0 Å². The van der Waals surface area contributed by atoms with Gasteiger partial charge in [-0.25, -0.2) is 0 Å². The molecule has 5 heteroatoms. The van der Waals surface area contributed by atoms with Crippen LogP contribution in [0, 0.1) is 0 Å². The van der Waals surface area contributed by atoms with Crippen LogP contribution in [0.3, 0.4) is 0 Å². The molecule has 19 heavy (non-hydrogen) atoms. The standard InChI is InChI=1S/C14H16N2O2S/c1-16(8-10-3-4-19-9-10)14(17)11-5-12(15)7-13(6-11)18-2/h3-7,9H,8,15H2,1-2H3. The summed E-state index contributed by atoms with van der Waals surface area (Å²) in [4.78, 5) is 14.0. The number of amides is 1. The van der Waals surface area contributed by atoms with E-state index in [2.05, 4.69) is 0 Å². The Labute approximate surface area is 116 Å². The lowest BCUT2D eigenvalue weighted by atomic mass is 10.1. The smallest absolute Gasteiger partial charge is 0.254 e. The number of nitrogen functional groups attached to an aromatic ring is 1. The van der Waals surface area contributed by atoms with Crippen LogP contribution in [0.5, 0.6) is 5.75 Å². The van der Waals surface area contributed by atoms with Crippen LogP contribution in [0.15, 0.2) is 35.0 Å². The SMILES string of the molecule is COc1cc(N)cc(C(=O)N(C)Cc2ccsc2)c1. The monoisotopic (exact) mass is 276 g/mol. The molecule has 0 bridgehead atoms. The Hall–Kier alpha value is -2.01. The summed E-state index contributed by atoms with van der Waals surface area (Å²) in [5.41, 5.74) is 7.94. The van der Waals surface area contributed by atoms with Crippen LogP contribution in [-0.2, 0) is 6.54 Å². The number of hydrogen-bond acceptors (Lipinski definition) is 4. The number of hydrogen-bond donors (Lipinski definition) is 1. The highest BCUT2D eigenvalue weighted by Gasteiger charge is 2.14. The second-order valence-electron chi connectivity index (χ2n) is 4.29. The number of benzene rings is 1. The van der Waals surface area contributed by atoms with Crippen molar-refractivity contribution >= 4 is 22.9 Å². The molecule has 0 saturated carbocycles. The zero-order chi connectivity index (χ0) is 13.8. The number of nitrogens with two attached hydrogens (primary N) is 1. The van der Waals surface area contributed by atoms with Crippen LogP contribution >= 0.6 is 11.3 Å². The van der Waals surface area contributed by atoms with Crippen LogP contribution in [0.25, 0.3) is 0 Å². The summed E-state index contributed by atoms with van der Waals surface area (Å²) in [5.74, 6) is 0.518. The molecule has 1 aromatic carbocycles. The van der Waals surface area contributed by atoms with E-state index in [1.165, 1.54) is 0 Å². The summed E-state index contributed by atoms with van der Waals surface area (Å²) < 4.78 is 5.12. The molecule has 0 radical (unpaired) electrons. The van der Waals surface area contributed by atoms with Crippen molar-refractivity contribution in [2.24, 2.45) is 0 Å². The van der Waals surface area contributed by atoms with Gasteiger partial charge in [0.25, 0.3) is 5.91 Å². The van der Waals surface area contributed by atoms with Crippen molar-refractivity contribution < 1.29 is 9.53 Å². The van der Waals surface area contributed by atoms with Gasteiger partial charge in [0.15, 0.2) is 0 Å². The highest BCUT2D eigenvalue weighted by atomic mass is 32.1. The van der Waals surface area contributed by atoms with E-state index in [-0.39, 0.29) is 5.91 Å². The molecule has 0 fully saturated rings. The van der Waals surface area contributed by atoms with Gasteiger partial charge in [-0.15, -0.1) is 0 Å². The topological polar surface area (TPSA) is 55.6 Å². The first-order valence-electron chi connectivity index (χ1n) is 5.81. The van der Waals surface area contributed by atoms with Gasteiger partial charge in [0.1, 0.15) is 5.75 Å². The summed E-state index contributed by atoms with van der Waals surface area (Å²) in [5, 5.41) is 4.03. The van der Waals surface area contributed by atoms with Crippen LogP contribution in [-0.4, -0.2) is 25.0 Å². The summed E-state index contributed by atoms with van der Waals surface area (Å²) in [6, 6.07) is 7.06. The molecule has 0 aliphatic heterocycles. The number of methoxy groups -OCH3 is 1. The summed E-state index contributed by atoms with van der Waals surface area (Å²) in [6.07, 6.45) is 0. The van der Waals surface area contributed by atoms with Gasteiger partial charge in [0.2, 0.25) is 0 Å². The maximum Gasteiger partial charge on any atom is 0.254 e. The van der Waals surface area contributed by atoms with E-state index in [1.54, 1.807) is 48.6 Å². The zero-order valence-electron chi connectivity index (χ0n) is 10.9. The van der Waals surface area contributed by atoms with Crippen LogP contribution in [0.4, 0.5) is 5.69 Å². The van der Waals surface area contributed by atoms with Crippen molar-refractivity contribution in [3.05, 3.63) is 46.2 Å². The molecule has 0 unspecified atom stereocenters. The fraction of sp³-hybridized carbons (Fsp3) is 0.214. The van der Waals surface area contributed by atoms with E-state index in [0.717, 1.165) is 5.56 Å². The first kappa shape index (κ1) is 13.4. The van der Waals surface area contributed by atoms with Gasteiger partial charge in [0.05, 0.1) is 7.11 Å². The van der Waals surface area contributed by atoms with E-state index in [9.17, 15) is 4.79 Å². The van der Waals surface area contributed by atoms with Crippen molar-refractivity contribution in [2.45, 2.75) is 6.54 Å². The Balaban J connectivity index is 2.16. The quantitative estimate of drug-likeness (QED) is 0.873. The highest BCUT2D eigenvalue weighted by molar-refractivity contribution is 7.07. The van der Waals surface area contributed by atoms with Gasteiger partial charge in [-0.05, 0) is 34.5 Å². The predicted octanol–water partition coefficient (Wildman–Crippen LogP) is 2.61. The second-order valence-corrected chi connectivity index (χ2v) is 5.07. The first-order valence-corrected chi connectivity index (χ1v) is 6.75. The maximum atomic E-state index is 12.3. The fourth-order valence-corrected chi connectivity index (χ4v) is 2.47. The molecule has 1 amide bonds. The van der Waals surface area contributed by atoms with E-state index < -0.39 is 0 Å². The van der Waals surface area contributed by atoms with E-state index >= 15 is 0 Å². The maximum absolute atomic E-state index is 12.3. The number of thiophene rings is 1. The molecule has 1 heterocycles. The van der Waals surface area contributed by atoms with Gasteiger partial charge in [-0.2, -0.15) is 11.3 Å². The number of carbonyl (C=O) groups excluding carboxylic acids is 1. The molecule has 0 aliphatic carbocycles. The molecule has 0 atom stereocenters. The average Bonchev–Trinajstić information content (AvgIpc) is 2.89. The molecule has 0 aliphatic rings. The Bertz CT molecular complexity index is 567. The minimum Gasteiger partial charge on any atom is -0.497 e. The first-order chi connectivity index (χ1) is 9.10. The molecular weight excluding hydrogens is 260 g/mol. The lowest BCUT2D eigenvalue weighted by Gasteiger charge is -2.17. The third-order valence-electron chi connectivity index (χ3n) is 2.76. The number of anilines is 1. The largest absolute Gasteiger partial charge is 0.497 e. The molecule has 100 valence electrons. The second kappa shape index (κ2) is 5.75. The molecule has 2 N–H and O–H groups in total. The van der Waals surface area contributed by atoms with Crippen molar-refractivity contribution in [1.29, 1.82) is 0 Å². The Kier molecular flexibility index (Phi) is 4.06. The Morgan fingerprint density at radius 3 is 2.84 bits per heavy atom. The summed E-state index contributed by atoms with van der Waals surface area (Å²) in [7, 11) is 3.33. The van der Waals surface area contributed by atoms with E-state index in [4.69, 9.17) is 10.5 Å². The van der Waals surface area contributed by atoms with E-state index in [1.807, 2.05) is 16.8 Å². The predicted molar refractivity (Wildman–Crippen MR) is 77.5 cm³/mol. The number of ether oxygens (including phenoxy) is 1. The van der Waals surface area contributed by atoms with Crippen molar-refractivity contribution in [3.8, 4) is 5.75 Å². The number of rotatable bonds is 4. The van der Waals surface area contributed by atoms with Crippen molar-refractivity contribution in [3.63, 3.8) is 0 Å². The Morgan fingerprint density at radius 2 is 2.21 bits per heavy atom. The molecule has 2 aromatic rings. The van der Waals surface area contributed by atoms with Crippen LogP contribution in [0.1, 0.15) is 15.9 Å². The minimum absolute atomic E-state index is 0.0724. The average molecular weight is 276 g/mol. The minimum atomic E-state index is -0.0724. The van der Waals surface area contributed by atoms with Gasteiger partial charge in [-0.3, -0.25) is 4.79 Å². The van der Waals surface area contributed by atoms with Gasteiger partial charge < -0.3 is 15.4 Å². The third-order valence-corrected chi connectivity index (χ3v) is 3.49. The van der Waals surface area contributed by atoms with Gasteiger partial charge in [0, 0.05) is 30.9 Å². The molecule has 0 saturated heterocycles. The lowest BCUT2D eigenvalue weighted by Crippen LogP contribution is -2.26. The van der Waals surface area contributed by atoms with Gasteiger partial charge in [-0.1, -0.05) is 0 Å². The van der Waals surface area contributed by atoms with E-state index in [0.29, 0.717) is 23.5 Å². The molecule has 2 rings (SSSR count). The normalized spacial score (nSPS) is 10.2. The Morgan fingerprint density at radius 1 is 1.42 bits per heavy atom. The van der Waals surface area contributed by atoms with Crippen LogP contribution in [0.2, 0.25) is 0 Å². The number of nitrogens with zero attached hydrogens (tertiary/aromatic N) is 1.